The third-order valence-electron chi connectivity index (χ3n) is 12.8. The molecule has 66 heavy (non-hydrogen) atoms. The fourth-order valence-corrected chi connectivity index (χ4v) is 9.32. The summed E-state index contributed by atoms with van der Waals surface area (Å²) in [6.45, 7) is 1.78. The molecule has 19 nitrogen and oxygen atoms in total. The van der Waals surface area contributed by atoms with E-state index in [-0.39, 0.29) is 69.4 Å². The maximum Gasteiger partial charge on any atom is 0.245 e. The molecule has 1 saturated carbocycles. The smallest absolute Gasteiger partial charge is 0.245 e. The molecule has 0 spiro atoms. The van der Waals surface area contributed by atoms with Gasteiger partial charge in [0.25, 0.3) is 0 Å². The van der Waals surface area contributed by atoms with E-state index >= 15 is 0 Å². The Balaban J connectivity index is 1.31. The number of nitrogens with one attached hydrogen (secondary N) is 9. The second-order valence-corrected chi connectivity index (χ2v) is 17.8. The molecule has 3 aromatic rings. The maximum atomic E-state index is 14.6. The van der Waals surface area contributed by atoms with Crippen molar-refractivity contribution in [3.63, 3.8) is 0 Å². The fourth-order valence-electron chi connectivity index (χ4n) is 9.32. The molecule has 19 heteroatoms. The number of para-hydroxylation sites is 1. The van der Waals surface area contributed by atoms with Crippen LogP contribution in [0.25, 0.3) is 10.9 Å². The third kappa shape index (κ3) is 13.7. The summed E-state index contributed by atoms with van der Waals surface area (Å²) >= 11 is 0. The zero-order chi connectivity index (χ0) is 47.2. The lowest BCUT2D eigenvalue weighted by atomic mass is 9.84. The maximum absolute atomic E-state index is 14.6. The number of H-pyrrole nitrogens is 1. The van der Waals surface area contributed by atoms with Crippen LogP contribution in [0.4, 0.5) is 0 Å². The summed E-state index contributed by atoms with van der Waals surface area (Å²) < 4.78 is 0. The highest BCUT2D eigenvalue weighted by Crippen LogP contribution is 2.28. The number of phenols is 1. The Kier molecular flexibility index (Phi) is 17.4. The first-order valence-electron chi connectivity index (χ1n) is 23.2. The fraction of sp³-hybridized carbons (Fsp3) is 0.532. The van der Waals surface area contributed by atoms with Crippen molar-refractivity contribution in [3.8, 4) is 5.75 Å². The van der Waals surface area contributed by atoms with E-state index in [4.69, 9.17) is 11.1 Å². The molecule has 2 aliphatic heterocycles. The zero-order valence-electron chi connectivity index (χ0n) is 37.6. The number of aromatic nitrogens is 1. The Morgan fingerprint density at radius 1 is 0.848 bits per heavy atom. The number of nitrogens with zero attached hydrogens (tertiary/aromatic N) is 1. The average molecular weight is 912 g/mol. The van der Waals surface area contributed by atoms with E-state index < -0.39 is 77.6 Å². The van der Waals surface area contributed by atoms with E-state index in [1.807, 2.05) is 24.3 Å². The largest absolute Gasteiger partial charge is 0.508 e. The molecule has 6 atom stereocenters. The number of rotatable bonds is 13. The topological polar surface area (TPSA) is 293 Å². The molecule has 3 fully saturated rings. The third-order valence-corrected chi connectivity index (χ3v) is 12.8. The Bertz CT molecular complexity index is 2210. The Labute approximate surface area is 384 Å². The van der Waals surface area contributed by atoms with Gasteiger partial charge in [0.05, 0.1) is 0 Å². The van der Waals surface area contributed by atoms with Gasteiger partial charge in [0, 0.05) is 56.5 Å². The highest BCUT2D eigenvalue weighted by atomic mass is 16.3. The van der Waals surface area contributed by atoms with Gasteiger partial charge < -0.3 is 57.9 Å². The van der Waals surface area contributed by atoms with Crippen molar-refractivity contribution in [1.82, 2.24) is 47.1 Å². The van der Waals surface area contributed by atoms with Crippen molar-refractivity contribution < 1.29 is 38.7 Å². The summed E-state index contributed by atoms with van der Waals surface area (Å²) in [5, 5.41) is 38.1. The van der Waals surface area contributed by atoms with Crippen LogP contribution < -0.4 is 43.0 Å². The molecule has 2 aromatic carbocycles. The Hall–Kier alpha value is -6.66. The summed E-state index contributed by atoms with van der Waals surface area (Å²) in [5.41, 5.74) is 7.74. The van der Waals surface area contributed by atoms with Crippen LogP contribution in [0.15, 0.2) is 54.7 Å². The molecule has 1 aliphatic carbocycles. The van der Waals surface area contributed by atoms with Crippen molar-refractivity contribution in [1.29, 1.82) is 5.41 Å². The summed E-state index contributed by atoms with van der Waals surface area (Å²) in [4.78, 5) is 103. The SMILES string of the molecule is CC(=O)N[C@@H](Cc1ccc(O)cc1)C(=O)N[C@H]1CCCNC(=O)[C@H](CCCNC(=N)N)NC(=O)[C@H](Cc2c[nH]c3ccccc23)NC(=O)[C@@H](CC2CCCCC2)NC(=O)[C@@H]2CCCN2C1=O. The minimum Gasteiger partial charge on any atom is -0.508 e. The van der Waals surface area contributed by atoms with E-state index in [0.717, 1.165) is 48.6 Å². The summed E-state index contributed by atoms with van der Waals surface area (Å²) in [6, 6.07) is 7.25. The standard InChI is InChI=1S/C47H65N11O8/c1-28(59)53-37(25-30-17-19-32(60)20-18-30)42(62)55-36-15-8-21-50-41(61)35(14-7-22-51-47(48)49)54-44(64)39(26-31-27-52-34-13-6-5-12-33(31)34)56-43(63)38(24-29-10-3-2-4-11-29)57-45(65)40-16-9-23-58(40)46(36)66/h5-6,12-13,17-20,27,29,35-40,52,60H,2-4,7-11,14-16,21-26H2,1H3,(H,50,61)(H,53,59)(H,54,64)(H,55,62)(H,56,63)(H,57,65)(H4,48,49,51)/t35-,36-,37-,38+,39-,40-/m0/s1. The number of nitrogens with two attached hydrogens (primary N) is 1. The molecule has 2 saturated heterocycles. The van der Waals surface area contributed by atoms with Crippen LogP contribution in [0.2, 0.25) is 0 Å². The number of aromatic amines is 1. The van der Waals surface area contributed by atoms with Gasteiger partial charge in [0.1, 0.15) is 42.0 Å². The lowest BCUT2D eigenvalue weighted by molar-refractivity contribution is -0.142. The van der Waals surface area contributed by atoms with E-state index in [1.54, 1.807) is 18.3 Å². The molecule has 6 rings (SSSR count). The van der Waals surface area contributed by atoms with Crippen molar-refractivity contribution >= 4 is 58.2 Å². The normalized spacial score (nSPS) is 23.3. The molecule has 356 valence electrons. The van der Waals surface area contributed by atoms with E-state index in [9.17, 15) is 38.7 Å². The molecule has 0 radical (unpaired) electrons. The van der Waals surface area contributed by atoms with Crippen LogP contribution in [0, 0.1) is 11.3 Å². The van der Waals surface area contributed by atoms with Crippen molar-refractivity contribution in [2.75, 3.05) is 19.6 Å². The summed E-state index contributed by atoms with van der Waals surface area (Å²) in [6.07, 6.45) is 8.55. The van der Waals surface area contributed by atoms with Crippen LogP contribution in [-0.4, -0.2) is 118 Å². The monoisotopic (exact) mass is 912 g/mol. The number of carbonyl (C=O) groups is 7. The second-order valence-electron chi connectivity index (χ2n) is 17.8. The Morgan fingerprint density at radius 2 is 1.56 bits per heavy atom. The van der Waals surface area contributed by atoms with E-state index in [0.29, 0.717) is 31.2 Å². The number of guanidine groups is 1. The van der Waals surface area contributed by atoms with Gasteiger partial charge in [-0.3, -0.25) is 39.0 Å². The van der Waals surface area contributed by atoms with Gasteiger partial charge in [-0.1, -0.05) is 62.4 Å². The molecular weight excluding hydrogens is 847 g/mol. The van der Waals surface area contributed by atoms with Crippen LogP contribution in [-0.2, 0) is 46.4 Å². The van der Waals surface area contributed by atoms with Crippen LogP contribution in [0.5, 0.6) is 5.75 Å². The molecule has 12 N–H and O–H groups in total. The highest BCUT2D eigenvalue weighted by Gasteiger charge is 2.40. The van der Waals surface area contributed by atoms with Crippen LogP contribution in [0.3, 0.4) is 0 Å². The average Bonchev–Trinajstić information content (AvgIpc) is 3.96. The predicted octanol–water partition coefficient (Wildman–Crippen LogP) is 1.24. The number of fused-ring (bicyclic) bond motifs is 2. The predicted molar refractivity (Wildman–Crippen MR) is 246 cm³/mol. The first-order valence-corrected chi connectivity index (χ1v) is 23.2. The molecule has 0 unspecified atom stereocenters. The van der Waals surface area contributed by atoms with Crippen LogP contribution >= 0.6 is 0 Å². The number of carbonyl (C=O) groups excluding carboxylic acids is 7. The van der Waals surface area contributed by atoms with Gasteiger partial charge in [-0.15, -0.1) is 0 Å². The zero-order valence-corrected chi connectivity index (χ0v) is 37.6. The number of phenolic OH excluding ortho intramolecular Hbond substituents is 1. The van der Waals surface area contributed by atoms with Crippen LogP contribution in [0.1, 0.15) is 95.1 Å². The number of hydrogen-bond donors (Lipinski definition) is 11. The lowest BCUT2D eigenvalue weighted by Gasteiger charge is -2.32. The summed E-state index contributed by atoms with van der Waals surface area (Å²) in [7, 11) is 0. The van der Waals surface area contributed by atoms with Crippen molar-refractivity contribution in [3.05, 3.63) is 65.9 Å². The minimum absolute atomic E-state index is 0.0312. The van der Waals surface area contributed by atoms with E-state index in [2.05, 4.69) is 42.2 Å². The second kappa shape index (κ2) is 23.5. The van der Waals surface area contributed by atoms with Gasteiger partial charge in [-0.25, -0.2) is 0 Å². The quantitative estimate of drug-likeness (QED) is 0.0663. The Morgan fingerprint density at radius 3 is 2.30 bits per heavy atom. The van der Waals surface area contributed by atoms with Gasteiger partial charge in [-0.05, 0) is 80.2 Å². The number of amides is 7. The molecule has 7 amide bonds. The van der Waals surface area contributed by atoms with Gasteiger partial charge >= 0.3 is 0 Å². The number of benzene rings is 2. The van der Waals surface area contributed by atoms with E-state index in [1.165, 1.54) is 24.0 Å². The molecule has 3 heterocycles. The van der Waals surface area contributed by atoms with Crippen molar-refractivity contribution in [2.45, 2.75) is 133 Å². The number of aromatic hydroxyl groups is 1. The lowest BCUT2D eigenvalue weighted by Crippen LogP contribution is -2.60. The molecule has 1 aromatic heterocycles. The first-order chi connectivity index (χ1) is 31.7. The molecular formula is C47H65N11O8. The highest BCUT2D eigenvalue weighted by molar-refractivity contribution is 5.98. The summed E-state index contributed by atoms with van der Waals surface area (Å²) in [5.74, 6) is -3.93. The molecule has 0 bridgehead atoms. The number of hydrogen-bond acceptors (Lipinski definition) is 9. The van der Waals surface area contributed by atoms with Crippen molar-refractivity contribution in [2.24, 2.45) is 11.7 Å². The van der Waals surface area contributed by atoms with Gasteiger partial charge in [0.15, 0.2) is 5.96 Å². The van der Waals surface area contributed by atoms with Gasteiger partial charge in [-0.2, -0.15) is 0 Å². The molecule has 3 aliphatic rings. The first kappa shape index (κ1) is 48.8. The van der Waals surface area contributed by atoms with Gasteiger partial charge in [0.2, 0.25) is 41.4 Å². The minimum atomic E-state index is -1.17.